The van der Waals surface area contributed by atoms with E-state index in [1.54, 1.807) is 19.2 Å². The van der Waals surface area contributed by atoms with Crippen LogP contribution in [0.25, 0.3) is 0 Å². The summed E-state index contributed by atoms with van der Waals surface area (Å²) in [7, 11) is 1.68. The Bertz CT molecular complexity index is 527. The molecule has 0 atom stereocenters. The van der Waals surface area contributed by atoms with Gasteiger partial charge in [0.25, 0.3) is 5.69 Å². The average molecular weight is 450 g/mol. The lowest BCUT2D eigenvalue weighted by atomic mass is 10.1. The van der Waals surface area contributed by atoms with Gasteiger partial charge >= 0.3 is 0 Å². The molecular formula is C16H27IN4O3. The number of benzene rings is 1. The van der Waals surface area contributed by atoms with Crippen molar-refractivity contribution in [1.29, 1.82) is 0 Å². The highest BCUT2D eigenvalue weighted by atomic mass is 127. The fourth-order valence-electron chi connectivity index (χ4n) is 1.81. The molecule has 0 spiro atoms. The first-order valence-electron chi connectivity index (χ1n) is 7.60. The van der Waals surface area contributed by atoms with Crippen molar-refractivity contribution in [2.75, 3.05) is 20.3 Å². The maximum Gasteiger partial charge on any atom is 0.269 e. The van der Waals surface area contributed by atoms with Crippen LogP contribution in [0.2, 0.25) is 0 Å². The van der Waals surface area contributed by atoms with Crippen LogP contribution in [0.1, 0.15) is 32.8 Å². The molecule has 8 heteroatoms. The predicted molar refractivity (Wildman–Crippen MR) is 107 cm³/mol. The summed E-state index contributed by atoms with van der Waals surface area (Å²) in [6.45, 7) is 8.09. The van der Waals surface area contributed by atoms with Gasteiger partial charge in [0.1, 0.15) is 0 Å². The van der Waals surface area contributed by atoms with Crippen molar-refractivity contribution in [3.8, 4) is 0 Å². The molecule has 136 valence electrons. The van der Waals surface area contributed by atoms with Gasteiger partial charge in [-0.25, -0.2) is 4.99 Å². The topological polar surface area (TPSA) is 88.8 Å². The van der Waals surface area contributed by atoms with E-state index < -0.39 is 4.92 Å². The van der Waals surface area contributed by atoms with E-state index in [-0.39, 0.29) is 35.2 Å². The van der Waals surface area contributed by atoms with Crippen LogP contribution in [-0.2, 0) is 11.3 Å². The highest BCUT2D eigenvalue weighted by Crippen LogP contribution is 2.12. The number of nitrogens with zero attached hydrogens (tertiary/aromatic N) is 2. The lowest BCUT2D eigenvalue weighted by molar-refractivity contribution is -0.384. The summed E-state index contributed by atoms with van der Waals surface area (Å²) in [6.07, 6.45) is 0.888. The Balaban J connectivity index is 0.00000529. The lowest BCUT2D eigenvalue weighted by Crippen LogP contribution is -2.48. The van der Waals surface area contributed by atoms with Crippen LogP contribution in [0.5, 0.6) is 0 Å². The molecule has 0 aromatic heterocycles. The zero-order valence-electron chi connectivity index (χ0n) is 14.7. The number of non-ortho nitro benzene ring substituents is 1. The van der Waals surface area contributed by atoms with Crippen LogP contribution < -0.4 is 10.6 Å². The van der Waals surface area contributed by atoms with Gasteiger partial charge in [0.2, 0.25) is 0 Å². The molecule has 0 heterocycles. The molecule has 0 saturated heterocycles. The summed E-state index contributed by atoms with van der Waals surface area (Å²) >= 11 is 0. The van der Waals surface area contributed by atoms with E-state index in [0.29, 0.717) is 19.1 Å². The van der Waals surface area contributed by atoms with Gasteiger partial charge in [-0.1, -0.05) is 12.1 Å². The average Bonchev–Trinajstić information content (AvgIpc) is 2.48. The summed E-state index contributed by atoms with van der Waals surface area (Å²) in [4.78, 5) is 14.8. The van der Waals surface area contributed by atoms with Gasteiger partial charge in [0, 0.05) is 37.9 Å². The number of nitro groups is 1. The second-order valence-corrected chi connectivity index (χ2v) is 6.24. The summed E-state index contributed by atoms with van der Waals surface area (Å²) in [5, 5.41) is 17.2. The third-order valence-corrected chi connectivity index (χ3v) is 2.88. The number of ether oxygens (including phenoxy) is 1. The standard InChI is InChI=1S/C16H26N4O3.HI/c1-16(2,3)19-15(17-10-5-11-23-4)18-12-13-6-8-14(9-7-13)20(21)22;/h6-9H,5,10-12H2,1-4H3,(H2,17,18,19);1H. The molecule has 0 aliphatic carbocycles. The highest BCUT2D eigenvalue weighted by molar-refractivity contribution is 14.0. The van der Waals surface area contributed by atoms with Gasteiger partial charge in [0.15, 0.2) is 5.96 Å². The van der Waals surface area contributed by atoms with Crippen LogP contribution in [0, 0.1) is 10.1 Å². The number of rotatable bonds is 7. The van der Waals surface area contributed by atoms with Crippen LogP contribution in [0.4, 0.5) is 5.69 Å². The number of halogens is 1. The fraction of sp³-hybridized carbons (Fsp3) is 0.562. The number of guanidine groups is 1. The Labute approximate surface area is 160 Å². The first-order chi connectivity index (χ1) is 10.8. The Hall–Kier alpha value is -1.42. The van der Waals surface area contributed by atoms with E-state index in [1.165, 1.54) is 12.1 Å². The van der Waals surface area contributed by atoms with E-state index in [9.17, 15) is 10.1 Å². The van der Waals surface area contributed by atoms with Gasteiger partial charge in [-0.15, -0.1) is 24.0 Å². The monoisotopic (exact) mass is 450 g/mol. The van der Waals surface area contributed by atoms with Crippen molar-refractivity contribution in [1.82, 2.24) is 10.6 Å². The Morgan fingerprint density at radius 2 is 1.92 bits per heavy atom. The molecule has 24 heavy (non-hydrogen) atoms. The number of nitrogens with one attached hydrogen (secondary N) is 2. The molecule has 0 aliphatic heterocycles. The normalized spacial score (nSPS) is 11.6. The number of aliphatic imine (C=N–C) groups is 1. The summed E-state index contributed by atoms with van der Waals surface area (Å²) < 4.78 is 5.03. The van der Waals surface area contributed by atoms with E-state index in [4.69, 9.17) is 4.74 Å². The number of hydrogen-bond donors (Lipinski definition) is 2. The molecular weight excluding hydrogens is 423 g/mol. The van der Waals surface area contributed by atoms with Crippen molar-refractivity contribution in [2.45, 2.75) is 39.3 Å². The zero-order valence-corrected chi connectivity index (χ0v) is 17.0. The SMILES string of the molecule is COCCCNC(=NCc1ccc([N+](=O)[O-])cc1)NC(C)(C)C.I. The molecule has 0 bridgehead atoms. The van der Waals surface area contributed by atoms with E-state index in [2.05, 4.69) is 36.4 Å². The van der Waals surface area contributed by atoms with Crippen molar-refractivity contribution in [3.63, 3.8) is 0 Å². The maximum absolute atomic E-state index is 10.7. The van der Waals surface area contributed by atoms with Crippen LogP contribution >= 0.6 is 24.0 Å². The van der Waals surface area contributed by atoms with Crippen LogP contribution in [0.3, 0.4) is 0 Å². The Morgan fingerprint density at radius 3 is 2.42 bits per heavy atom. The molecule has 0 unspecified atom stereocenters. The predicted octanol–water partition coefficient (Wildman–Crippen LogP) is 3.08. The molecule has 7 nitrogen and oxygen atoms in total. The second-order valence-electron chi connectivity index (χ2n) is 6.24. The largest absolute Gasteiger partial charge is 0.385 e. The molecule has 0 amide bonds. The molecule has 0 radical (unpaired) electrons. The van der Waals surface area contributed by atoms with E-state index in [0.717, 1.165) is 18.5 Å². The molecule has 0 fully saturated rings. The molecule has 1 aromatic carbocycles. The first-order valence-corrected chi connectivity index (χ1v) is 7.60. The molecule has 0 saturated carbocycles. The van der Waals surface area contributed by atoms with Gasteiger partial charge in [-0.05, 0) is 32.8 Å². The molecule has 0 aliphatic rings. The Kier molecular flexibility index (Phi) is 10.5. The van der Waals surface area contributed by atoms with Crippen molar-refractivity contribution < 1.29 is 9.66 Å². The molecule has 1 aromatic rings. The minimum atomic E-state index is -0.406. The fourth-order valence-corrected chi connectivity index (χ4v) is 1.81. The number of nitro benzene ring substituents is 1. The van der Waals surface area contributed by atoms with Gasteiger partial charge in [-0.2, -0.15) is 0 Å². The summed E-state index contributed by atoms with van der Waals surface area (Å²) in [5.41, 5.74) is 0.897. The van der Waals surface area contributed by atoms with Crippen molar-refractivity contribution in [2.24, 2.45) is 4.99 Å². The maximum atomic E-state index is 10.7. The summed E-state index contributed by atoms with van der Waals surface area (Å²) in [5.74, 6) is 0.715. The smallest absolute Gasteiger partial charge is 0.269 e. The molecule has 2 N–H and O–H groups in total. The summed E-state index contributed by atoms with van der Waals surface area (Å²) in [6, 6.07) is 6.43. The van der Waals surface area contributed by atoms with Crippen molar-refractivity contribution >= 4 is 35.6 Å². The number of hydrogen-bond acceptors (Lipinski definition) is 4. The van der Waals surface area contributed by atoms with E-state index in [1.807, 2.05) is 0 Å². The molecule has 1 rings (SSSR count). The third-order valence-electron chi connectivity index (χ3n) is 2.88. The van der Waals surface area contributed by atoms with Gasteiger partial charge in [0.05, 0.1) is 11.5 Å². The second kappa shape index (κ2) is 11.2. The van der Waals surface area contributed by atoms with Crippen LogP contribution in [0.15, 0.2) is 29.3 Å². The minimum Gasteiger partial charge on any atom is -0.385 e. The van der Waals surface area contributed by atoms with E-state index >= 15 is 0 Å². The quantitative estimate of drug-likeness (QED) is 0.167. The minimum absolute atomic E-state index is 0. The highest BCUT2D eigenvalue weighted by Gasteiger charge is 2.12. The number of methoxy groups -OCH3 is 1. The van der Waals surface area contributed by atoms with Gasteiger partial charge < -0.3 is 15.4 Å². The Morgan fingerprint density at radius 1 is 1.29 bits per heavy atom. The van der Waals surface area contributed by atoms with Crippen molar-refractivity contribution in [3.05, 3.63) is 39.9 Å². The lowest BCUT2D eigenvalue weighted by Gasteiger charge is -2.24. The first kappa shape index (κ1) is 22.6. The van der Waals surface area contributed by atoms with Gasteiger partial charge in [-0.3, -0.25) is 10.1 Å². The third kappa shape index (κ3) is 9.66. The zero-order chi connectivity index (χ0) is 17.3. The van der Waals surface area contributed by atoms with Crippen LogP contribution in [-0.4, -0.2) is 36.7 Å².